The van der Waals surface area contributed by atoms with Crippen molar-refractivity contribution >= 4 is 23.6 Å². The average molecular weight is 381 g/mol. The van der Waals surface area contributed by atoms with Gasteiger partial charge in [-0.3, -0.25) is 4.79 Å². The van der Waals surface area contributed by atoms with E-state index in [2.05, 4.69) is 13.8 Å². The summed E-state index contributed by atoms with van der Waals surface area (Å²) >= 11 is 5.95. The van der Waals surface area contributed by atoms with Gasteiger partial charge in [-0.2, -0.15) is 0 Å². The molecule has 0 aliphatic carbocycles. The maximum Gasteiger partial charge on any atom is 0.410 e. The van der Waals surface area contributed by atoms with Crippen molar-refractivity contribution in [3.8, 4) is 0 Å². The van der Waals surface area contributed by atoms with Crippen molar-refractivity contribution in [2.45, 2.75) is 52.1 Å². The number of hydrogen-bond donors (Lipinski definition) is 0. The number of carbonyl (C=O) groups excluding carboxylic acids is 2. The van der Waals surface area contributed by atoms with Gasteiger partial charge >= 0.3 is 6.09 Å². The van der Waals surface area contributed by atoms with Crippen molar-refractivity contribution < 1.29 is 14.3 Å². The summed E-state index contributed by atoms with van der Waals surface area (Å²) in [4.78, 5) is 28.3. The molecule has 1 aliphatic rings. The lowest BCUT2D eigenvalue weighted by Crippen LogP contribution is -2.52. The summed E-state index contributed by atoms with van der Waals surface area (Å²) in [5.74, 6) is 0.105. The fourth-order valence-corrected chi connectivity index (χ4v) is 3.08. The van der Waals surface area contributed by atoms with Crippen molar-refractivity contribution in [1.29, 1.82) is 0 Å². The second kappa shape index (κ2) is 7.87. The quantitative estimate of drug-likeness (QED) is 0.793. The van der Waals surface area contributed by atoms with Crippen molar-refractivity contribution in [2.75, 3.05) is 26.2 Å². The zero-order valence-corrected chi connectivity index (χ0v) is 17.1. The molecule has 5 nitrogen and oxygen atoms in total. The van der Waals surface area contributed by atoms with Crippen LogP contribution in [0, 0.1) is 0 Å². The molecule has 0 aromatic heterocycles. The lowest BCUT2D eigenvalue weighted by molar-refractivity contribution is -0.134. The van der Waals surface area contributed by atoms with Crippen LogP contribution in [0.1, 0.15) is 46.6 Å². The predicted molar refractivity (Wildman–Crippen MR) is 103 cm³/mol. The second-order valence-electron chi connectivity index (χ2n) is 8.42. The summed E-state index contributed by atoms with van der Waals surface area (Å²) in [6.07, 6.45) is 0.104. The van der Waals surface area contributed by atoms with Gasteiger partial charge in [-0.1, -0.05) is 37.6 Å². The summed E-state index contributed by atoms with van der Waals surface area (Å²) in [7, 11) is 0. The van der Waals surface area contributed by atoms with Crippen LogP contribution in [0.3, 0.4) is 0 Å². The highest BCUT2D eigenvalue weighted by Gasteiger charge is 2.31. The van der Waals surface area contributed by atoms with E-state index in [1.54, 1.807) is 4.90 Å². The molecule has 0 bridgehead atoms. The Morgan fingerprint density at radius 3 is 1.96 bits per heavy atom. The van der Waals surface area contributed by atoms with E-state index >= 15 is 0 Å². The van der Waals surface area contributed by atoms with Crippen LogP contribution >= 0.6 is 11.6 Å². The number of amides is 2. The van der Waals surface area contributed by atoms with Crippen molar-refractivity contribution in [3.63, 3.8) is 0 Å². The topological polar surface area (TPSA) is 49.9 Å². The van der Waals surface area contributed by atoms with Gasteiger partial charge in [-0.15, -0.1) is 0 Å². The fourth-order valence-electron chi connectivity index (χ4n) is 2.96. The highest BCUT2D eigenvalue weighted by Crippen LogP contribution is 2.29. The Balaban J connectivity index is 1.90. The molecule has 2 rings (SSSR count). The summed E-state index contributed by atoms with van der Waals surface area (Å²) < 4.78 is 5.39. The molecule has 1 heterocycles. The Labute approximate surface area is 161 Å². The molecule has 1 saturated heterocycles. The molecule has 0 spiro atoms. The zero-order valence-electron chi connectivity index (χ0n) is 16.3. The molecule has 26 heavy (non-hydrogen) atoms. The van der Waals surface area contributed by atoms with Gasteiger partial charge in [0.15, 0.2) is 0 Å². The van der Waals surface area contributed by atoms with E-state index in [1.165, 1.54) is 0 Å². The highest BCUT2D eigenvalue weighted by molar-refractivity contribution is 6.30. The lowest BCUT2D eigenvalue weighted by atomic mass is 9.81. The van der Waals surface area contributed by atoms with Gasteiger partial charge < -0.3 is 14.5 Å². The van der Waals surface area contributed by atoms with E-state index in [0.717, 1.165) is 5.56 Å². The Bertz CT molecular complexity index is 642. The van der Waals surface area contributed by atoms with Gasteiger partial charge in [0, 0.05) is 37.6 Å². The van der Waals surface area contributed by atoms with Gasteiger partial charge in [0.05, 0.1) is 0 Å². The van der Waals surface area contributed by atoms with E-state index in [0.29, 0.717) is 37.6 Å². The Morgan fingerprint density at radius 1 is 0.962 bits per heavy atom. The van der Waals surface area contributed by atoms with Crippen molar-refractivity contribution in [2.24, 2.45) is 0 Å². The van der Waals surface area contributed by atoms with Crippen LogP contribution in [0.2, 0.25) is 5.02 Å². The van der Waals surface area contributed by atoms with Crippen molar-refractivity contribution in [1.82, 2.24) is 9.80 Å². The van der Waals surface area contributed by atoms with Crippen LogP contribution in [0.5, 0.6) is 0 Å². The molecule has 0 unspecified atom stereocenters. The van der Waals surface area contributed by atoms with E-state index in [-0.39, 0.29) is 17.4 Å². The molecular formula is C20H29ClN2O3. The molecule has 1 fully saturated rings. The number of rotatable bonds is 3. The maximum atomic E-state index is 12.7. The average Bonchev–Trinajstić information content (AvgIpc) is 2.53. The Morgan fingerprint density at radius 2 is 1.46 bits per heavy atom. The molecule has 2 amide bonds. The number of nitrogens with zero attached hydrogens (tertiary/aromatic N) is 2. The molecule has 6 heteroatoms. The minimum absolute atomic E-state index is 0.105. The van der Waals surface area contributed by atoms with Crippen LogP contribution in [-0.2, 0) is 14.9 Å². The minimum atomic E-state index is -0.507. The third kappa shape index (κ3) is 5.63. The molecule has 1 aromatic rings. The first kappa shape index (κ1) is 20.6. The van der Waals surface area contributed by atoms with E-state index < -0.39 is 5.60 Å². The van der Waals surface area contributed by atoms with Crippen LogP contribution in [0.15, 0.2) is 24.3 Å². The van der Waals surface area contributed by atoms with E-state index in [1.807, 2.05) is 49.9 Å². The van der Waals surface area contributed by atoms with Gasteiger partial charge in [-0.25, -0.2) is 4.79 Å². The Kier molecular flexibility index (Phi) is 6.22. The SMILES string of the molecule is CC(C)(C)OC(=O)N1CCN(C(=O)CC(C)(C)c2ccc(Cl)cc2)CC1. The monoisotopic (exact) mass is 380 g/mol. The molecule has 0 N–H and O–H groups in total. The van der Waals surface area contributed by atoms with E-state index in [9.17, 15) is 9.59 Å². The Hall–Kier alpha value is -1.75. The third-order valence-electron chi connectivity index (χ3n) is 4.50. The first-order chi connectivity index (χ1) is 12.0. The molecule has 0 saturated carbocycles. The lowest BCUT2D eigenvalue weighted by Gasteiger charge is -2.37. The largest absolute Gasteiger partial charge is 0.444 e. The number of benzene rings is 1. The van der Waals surface area contributed by atoms with Crippen LogP contribution in [0.25, 0.3) is 0 Å². The van der Waals surface area contributed by atoms with Crippen molar-refractivity contribution in [3.05, 3.63) is 34.9 Å². The minimum Gasteiger partial charge on any atom is -0.444 e. The van der Waals surface area contributed by atoms with Crippen LogP contribution in [0.4, 0.5) is 4.79 Å². The summed E-state index contributed by atoms with van der Waals surface area (Å²) in [5.41, 5.74) is 0.305. The first-order valence-corrected chi connectivity index (χ1v) is 9.37. The molecule has 1 aliphatic heterocycles. The number of halogens is 1. The van der Waals surface area contributed by atoms with Crippen LogP contribution < -0.4 is 0 Å². The third-order valence-corrected chi connectivity index (χ3v) is 4.75. The molecular weight excluding hydrogens is 352 g/mol. The molecule has 0 radical (unpaired) electrons. The number of ether oxygens (including phenoxy) is 1. The smallest absolute Gasteiger partial charge is 0.410 e. The summed E-state index contributed by atoms with van der Waals surface area (Å²) in [6, 6.07) is 7.64. The summed E-state index contributed by atoms with van der Waals surface area (Å²) in [5, 5.41) is 0.689. The predicted octanol–water partition coefficient (Wildman–Crippen LogP) is 4.09. The van der Waals surface area contributed by atoms with Gasteiger partial charge in [0.25, 0.3) is 0 Å². The second-order valence-corrected chi connectivity index (χ2v) is 8.85. The molecule has 1 aromatic carbocycles. The highest BCUT2D eigenvalue weighted by atomic mass is 35.5. The zero-order chi connectivity index (χ0) is 19.5. The summed E-state index contributed by atoms with van der Waals surface area (Å²) in [6.45, 7) is 11.8. The maximum absolute atomic E-state index is 12.7. The van der Waals surface area contributed by atoms with Crippen LogP contribution in [-0.4, -0.2) is 53.6 Å². The molecule has 0 atom stereocenters. The van der Waals surface area contributed by atoms with Gasteiger partial charge in [-0.05, 0) is 43.9 Å². The molecule has 144 valence electrons. The van der Waals surface area contributed by atoms with Gasteiger partial charge in [0.2, 0.25) is 5.91 Å². The fraction of sp³-hybridized carbons (Fsp3) is 0.600. The normalized spacial score (nSPS) is 15.8. The van der Waals surface area contributed by atoms with E-state index in [4.69, 9.17) is 16.3 Å². The van der Waals surface area contributed by atoms with Gasteiger partial charge in [0.1, 0.15) is 5.60 Å². The standard InChI is InChI=1S/C20H29ClN2O3/c1-19(2,3)26-18(25)23-12-10-22(11-13-23)17(24)14-20(4,5)15-6-8-16(21)9-7-15/h6-9H,10-14H2,1-5H3. The first-order valence-electron chi connectivity index (χ1n) is 9.00. The number of hydrogen-bond acceptors (Lipinski definition) is 3. The number of piperazine rings is 1. The number of carbonyl (C=O) groups is 2.